The minimum atomic E-state index is -3.60. The number of carbonyl (C=O) groups excluding carboxylic acids is 2. The molecule has 2 aromatic rings. The van der Waals surface area contributed by atoms with Crippen molar-refractivity contribution in [3.63, 3.8) is 0 Å². The number of sulfonamides is 1. The maximum Gasteiger partial charge on any atom is 0.242 e. The Hall–Kier alpha value is -3.27. The highest BCUT2D eigenvalue weighted by Gasteiger charge is 2.28. The Morgan fingerprint density at radius 1 is 1.03 bits per heavy atom. The predicted octanol–water partition coefficient (Wildman–Crippen LogP) is 3.48. The summed E-state index contributed by atoms with van der Waals surface area (Å²) in [6, 6.07) is 14.4. The van der Waals surface area contributed by atoms with Gasteiger partial charge in [-0.05, 0) is 50.3 Å². The lowest BCUT2D eigenvalue weighted by molar-refractivity contribution is -0.140. The second-order valence-corrected chi connectivity index (χ2v) is 11.9. The first-order valence-corrected chi connectivity index (χ1v) is 15.1. The molecule has 9 nitrogen and oxygen atoms in total. The summed E-state index contributed by atoms with van der Waals surface area (Å²) in [5.41, 5.74) is 1.54. The highest BCUT2D eigenvalue weighted by molar-refractivity contribution is 7.92. The molecule has 1 atom stereocenters. The molecule has 0 bridgehead atoms. The fraction of sp³-hybridized carbons (Fsp3) is 0.500. The lowest BCUT2D eigenvalue weighted by Gasteiger charge is -2.30. The minimum Gasteiger partial charge on any atom is -0.454 e. The van der Waals surface area contributed by atoms with Crippen LogP contribution >= 0.6 is 0 Å². The number of fused-ring (bicyclic) bond motifs is 1. The molecular weight excluding hydrogens is 506 g/mol. The highest BCUT2D eigenvalue weighted by Crippen LogP contribution is 2.36. The van der Waals surface area contributed by atoms with E-state index in [2.05, 4.69) is 5.32 Å². The van der Waals surface area contributed by atoms with Crippen LogP contribution in [0.15, 0.2) is 48.5 Å². The van der Waals surface area contributed by atoms with Gasteiger partial charge in [0.05, 0.1) is 11.9 Å². The summed E-state index contributed by atoms with van der Waals surface area (Å²) in [4.78, 5) is 28.1. The summed E-state index contributed by atoms with van der Waals surface area (Å²) in [7, 11) is -3.60. The van der Waals surface area contributed by atoms with Gasteiger partial charge in [-0.1, -0.05) is 43.2 Å². The van der Waals surface area contributed by atoms with Crippen molar-refractivity contribution in [3.05, 3.63) is 54.1 Å². The van der Waals surface area contributed by atoms with E-state index in [1.54, 1.807) is 30.0 Å². The normalized spacial score (nSPS) is 15.7. The van der Waals surface area contributed by atoms with Crippen LogP contribution < -0.4 is 19.1 Å². The second-order valence-electron chi connectivity index (χ2n) is 9.96. The number of benzene rings is 2. The van der Waals surface area contributed by atoms with E-state index in [4.69, 9.17) is 9.47 Å². The summed E-state index contributed by atoms with van der Waals surface area (Å²) < 4.78 is 37.1. The zero-order chi connectivity index (χ0) is 27.1. The number of ether oxygens (including phenoxy) is 2. The molecular formula is C28H37N3O6S. The maximum atomic E-state index is 13.4. The number of hydrogen-bond acceptors (Lipinski definition) is 6. The van der Waals surface area contributed by atoms with Crippen LogP contribution in [0, 0.1) is 0 Å². The molecule has 1 saturated carbocycles. The molecule has 0 aromatic heterocycles. The molecule has 1 aliphatic carbocycles. The van der Waals surface area contributed by atoms with Crippen molar-refractivity contribution in [2.24, 2.45) is 0 Å². The van der Waals surface area contributed by atoms with Gasteiger partial charge >= 0.3 is 0 Å². The van der Waals surface area contributed by atoms with Gasteiger partial charge in [0.15, 0.2) is 11.5 Å². The Balaban J connectivity index is 1.41. The van der Waals surface area contributed by atoms with E-state index in [1.165, 1.54) is 4.31 Å². The number of carbonyl (C=O) groups is 2. The molecule has 38 heavy (non-hydrogen) atoms. The van der Waals surface area contributed by atoms with Gasteiger partial charge in [-0.15, -0.1) is 0 Å². The van der Waals surface area contributed by atoms with E-state index in [-0.39, 0.29) is 37.6 Å². The Labute approximate surface area is 225 Å². The van der Waals surface area contributed by atoms with Crippen molar-refractivity contribution in [3.8, 4) is 11.5 Å². The number of amides is 2. The van der Waals surface area contributed by atoms with Gasteiger partial charge in [0.2, 0.25) is 28.6 Å². The number of nitrogens with one attached hydrogen (secondary N) is 1. The van der Waals surface area contributed by atoms with E-state index in [0.717, 1.165) is 37.5 Å². The third kappa shape index (κ3) is 7.18. The minimum absolute atomic E-state index is 0.0947. The second kappa shape index (κ2) is 12.5. The average molecular weight is 544 g/mol. The molecule has 2 amide bonds. The molecule has 2 aliphatic rings. The molecule has 1 fully saturated rings. The smallest absolute Gasteiger partial charge is 0.242 e. The molecule has 4 rings (SSSR count). The van der Waals surface area contributed by atoms with Crippen LogP contribution in [0.3, 0.4) is 0 Å². The third-order valence-electron chi connectivity index (χ3n) is 7.15. The Bertz CT molecular complexity index is 1210. The fourth-order valence-electron chi connectivity index (χ4n) is 5.01. The third-order valence-corrected chi connectivity index (χ3v) is 8.34. The molecule has 1 aliphatic heterocycles. The quantitative estimate of drug-likeness (QED) is 0.440. The van der Waals surface area contributed by atoms with Gasteiger partial charge in [0, 0.05) is 31.6 Å². The number of anilines is 1. The van der Waals surface area contributed by atoms with Gasteiger partial charge in [-0.2, -0.15) is 0 Å². The summed E-state index contributed by atoms with van der Waals surface area (Å²) in [5, 5.41) is 3.11. The fourth-order valence-corrected chi connectivity index (χ4v) is 5.96. The van der Waals surface area contributed by atoms with Crippen LogP contribution in [-0.4, -0.2) is 63.4 Å². The SMILES string of the molecule is CC(C(=O)NC1CCCC1)N(CCc1ccccc1)C(=O)CCCN(c1ccc2c(c1)OCO2)S(C)(=O)=O. The monoisotopic (exact) mass is 543 g/mol. The zero-order valence-corrected chi connectivity index (χ0v) is 22.9. The molecule has 1 heterocycles. The summed E-state index contributed by atoms with van der Waals surface area (Å²) in [5.74, 6) is 0.739. The highest BCUT2D eigenvalue weighted by atomic mass is 32.2. The summed E-state index contributed by atoms with van der Waals surface area (Å²) in [6.45, 7) is 2.39. The van der Waals surface area contributed by atoms with Gasteiger partial charge in [-0.25, -0.2) is 8.42 Å². The van der Waals surface area contributed by atoms with E-state index < -0.39 is 16.1 Å². The molecule has 1 N–H and O–H groups in total. The molecule has 0 spiro atoms. The Morgan fingerprint density at radius 3 is 2.45 bits per heavy atom. The van der Waals surface area contributed by atoms with Crippen LogP contribution in [0.4, 0.5) is 5.69 Å². The van der Waals surface area contributed by atoms with Crippen LogP contribution in [0.5, 0.6) is 11.5 Å². The van der Waals surface area contributed by atoms with Gasteiger partial charge in [0.25, 0.3) is 0 Å². The van der Waals surface area contributed by atoms with Crippen LogP contribution in [0.1, 0.15) is 51.0 Å². The predicted molar refractivity (Wildman–Crippen MR) is 146 cm³/mol. The maximum absolute atomic E-state index is 13.4. The standard InChI is InChI=1S/C28H37N3O6S/c1-21(28(33)29-23-11-6-7-12-23)30(18-16-22-9-4-3-5-10-22)27(32)13-8-17-31(38(2,34)35)24-14-15-25-26(19-24)37-20-36-25/h3-5,9-10,14-15,19,21,23H,6-8,11-13,16-18,20H2,1-2H3,(H,29,33). The lowest BCUT2D eigenvalue weighted by Crippen LogP contribution is -2.50. The molecule has 0 saturated heterocycles. The van der Waals surface area contributed by atoms with E-state index in [9.17, 15) is 18.0 Å². The van der Waals surface area contributed by atoms with Crippen molar-refractivity contribution >= 4 is 27.5 Å². The van der Waals surface area contributed by atoms with E-state index >= 15 is 0 Å². The van der Waals surface area contributed by atoms with Gasteiger partial charge in [0.1, 0.15) is 6.04 Å². The molecule has 0 radical (unpaired) electrons. The first-order chi connectivity index (χ1) is 18.2. The first-order valence-electron chi connectivity index (χ1n) is 13.2. The summed E-state index contributed by atoms with van der Waals surface area (Å²) in [6.07, 6.45) is 6.34. The van der Waals surface area contributed by atoms with E-state index in [0.29, 0.717) is 36.6 Å². The first kappa shape index (κ1) is 27.8. The topological polar surface area (TPSA) is 105 Å². The molecule has 10 heteroatoms. The van der Waals surface area contributed by atoms with Crippen LogP contribution in [0.2, 0.25) is 0 Å². The largest absolute Gasteiger partial charge is 0.454 e. The zero-order valence-electron chi connectivity index (χ0n) is 22.1. The Morgan fingerprint density at radius 2 is 1.74 bits per heavy atom. The summed E-state index contributed by atoms with van der Waals surface area (Å²) >= 11 is 0. The van der Waals surface area contributed by atoms with Crippen LogP contribution in [-0.2, 0) is 26.0 Å². The van der Waals surface area contributed by atoms with Crippen molar-refractivity contribution in [1.29, 1.82) is 0 Å². The lowest BCUT2D eigenvalue weighted by atomic mass is 10.1. The number of rotatable bonds is 12. The van der Waals surface area contributed by atoms with Crippen molar-refractivity contribution in [2.75, 3.05) is 30.4 Å². The molecule has 2 aromatic carbocycles. The van der Waals surface area contributed by atoms with Crippen molar-refractivity contribution < 1.29 is 27.5 Å². The Kier molecular flexibility index (Phi) is 9.14. The van der Waals surface area contributed by atoms with Crippen LogP contribution in [0.25, 0.3) is 0 Å². The van der Waals surface area contributed by atoms with Gasteiger partial charge in [-0.3, -0.25) is 13.9 Å². The molecule has 206 valence electrons. The average Bonchev–Trinajstić information content (AvgIpc) is 3.58. The number of hydrogen-bond donors (Lipinski definition) is 1. The van der Waals surface area contributed by atoms with Crippen molar-refractivity contribution in [1.82, 2.24) is 10.2 Å². The van der Waals surface area contributed by atoms with Gasteiger partial charge < -0.3 is 19.7 Å². The molecule has 1 unspecified atom stereocenters. The number of nitrogens with zero attached hydrogens (tertiary/aromatic N) is 2. The van der Waals surface area contributed by atoms with E-state index in [1.807, 2.05) is 30.3 Å². The van der Waals surface area contributed by atoms with Crippen molar-refractivity contribution in [2.45, 2.75) is 64.0 Å².